The van der Waals surface area contributed by atoms with Gasteiger partial charge in [0.05, 0.1) is 5.52 Å². The Kier molecular flexibility index (Phi) is 5.13. The third-order valence-electron chi connectivity index (χ3n) is 4.07. The van der Waals surface area contributed by atoms with E-state index in [0.29, 0.717) is 12.0 Å². The highest BCUT2D eigenvalue weighted by molar-refractivity contribution is 5.83. The van der Waals surface area contributed by atoms with Crippen LogP contribution >= 0.6 is 0 Å². The molecular weight excluding hydrogens is 244 g/mol. The number of nitrogens with zero attached hydrogens (tertiary/aromatic N) is 1. The lowest BCUT2D eigenvalue weighted by molar-refractivity contribution is 0.439. The molecule has 0 radical (unpaired) electrons. The molecule has 1 N–H and O–H groups in total. The molecule has 0 fully saturated rings. The summed E-state index contributed by atoms with van der Waals surface area (Å²) in [6, 6.07) is 11.3. The molecule has 108 valence electrons. The van der Waals surface area contributed by atoms with Gasteiger partial charge in [0.2, 0.25) is 0 Å². The van der Waals surface area contributed by atoms with Gasteiger partial charge in [0, 0.05) is 17.1 Å². The van der Waals surface area contributed by atoms with Crippen LogP contribution in [-0.4, -0.2) is 17.6 Å². The fraction of sp³-hybridized carbons (Fsp3) is 0.500. The Morgan fingerprint density at radius 3 is 2.65 bits per heavy atom. The molecular formula is C18H26N2. The van der Waals surface area contributed by atoms with Gasteiger partial charge in [-0.15, -0.1) is 0 Å². The summed E-state index contributed by atoms with van der Waals surface area (Å²) in [5, 5.41) is 4.97. The Morgan fingerprint density at radius 1 is 1.20 bits per heavy atom. The lowest BCUT2D eigenvalue weighted by Crippen LogP contribution is -2.33. The van der Waals surface area contributed by atoms with Crippen LogP contribution in [0.5, 0.6) is 0 Å². The van der Waals surface area contributed by atoms with E-state index >= 15 is 0 Å². The van der Waals surface area contributed by atoms with E-state index in [0.717, 1.165) is 24.2 Å². The number of rotatable bonds is 6. The summed E-state index contributed by atoms with van der Waals surface area (Å²) in [7, 11) is 0. The molecule has 0 bridgehead atoms. The maximum Gasteiger partial charge on any atom is 0.0708 e. The van der Waals surface area contributed by atoms with E-state index < -0.39 is 0 Å². The quantitative estimate of drug-likeness (QED) is 0.840. The second-order valence-electron chi connectivity index (χ2n) is 5.63. The van der Waals surface area contributed by atoms with Crippen molar-refractivity contribution < 1.29 is 0 Å². The number of nitrogens with one attached hydrogen (secondary N) is 1. The highest BCUT2D eigenvalue weighted by Gasteiger charge is 2.19. The fourth-order valence-electron chi connectivity index (χ4n) is 2.94. The number of hydrogen-bond donors (Lipinski definition) is 1. The zero-order valence-electron chi connectivity index (χ0n) is 13.1. The zero-order valence-corrected chi connectivity index (χ0v) is 13.1. The monoisotopic (exact) mass is 270 g/mol. The van der Waals surface area contributed by atoms with E-state index in [1.165, 1.54) is 17.4 Å². The standard InChI is InChI=1S/C18H26N2/c1-5-11-19-17(6-2)14(4)16-12-13(3)20-18-10-8-7-9-15(16)18/h7-10,12,14,17,19H,5-6,11H2,1-4H3. The topological polar surface area (TPSA) is 24.9 Å². The highest BCUT2D eigenvalue weighted by atomic mass is 14.9. The molecule has 0 aliphatic rings. The summed E-state index contributed by atoms with van der Waals surface area (Å²) in [5.41, 5.74) is 3.64. The van der Waals surface area contributed by atoms with Crippen LogP contribution in [0.3, 0.4) is 0 Å². The molecule has 0 aliphatic heterocycles. The fourth-order valence-corrected chi connectivity index (χ4v) is 2.94. The van der Waals surface area contributed by atoms with Crippen molar-refractivity contribution in [3.05, 3.63) is 41.6 Å². The van der Waals surface area contributed by atoms with E-state index in [1.807, 2.05) is 0 Å². The van der Waals surface area contributed by atoms with Gasteiger partial charge in [-0.25, -0.2) is 0 Å². The van der Waals surface area contributed by atoms with Gasteiger partial charge in [0.15, 0.2) is 0 Å². The Morgan fingerprint density at radius 2 is 1.95 bits per heavy atom. The van der Waals surface area contributed by atoms with Crippen LogP contribution < -0.4 is 5.32 Å². The van der Waals surface area contributed by atoms with E-state index in [1.54, 1.807) is 0 Å². The number of fused-ring (bicyclic) bond motifs is 1. The minimum Gasteiger partial charge on any atom is -0.313 e. The third kappa shape index (κ3) is 3.18. The number of benzene rings is 1. The molecule has 1 aromatic carbocycles. The van der Waals surface area contributed by atoms with Gasteiger partial charge in [-0.05, 0) is 49.9 Å². The maximum absolute atomic E-state index is 4.65. The van der Waals surface area contributed by atoms with Gasteiger partial charge in [-0.3, -0.25) is 4.98 Å². The van der Waals surface area contributed by atoms with Crippen LogP contribution in [0, 0.1) is 6.92 Å². The summed E-state index contributed by atoms with van der Waals surface area (Å²) in [5.74, 6) is 0.498. The number of aromatic nitrogens is 1. The van der Waals surface area contributed by atoms with Crippen molar-refractivity contribution in [2.24, 2.45) is 0 Å². The van der Waals surface area contributed by atoms with Crippen molar-refractivity contribution >= 4 is 10.9 Å². The van der Waals surface area contributed by atoms with Crippen LogP contribution in [0.2, 0.25) is 0 Å². The molecule has 2 atom stereocenters. The second-order valence-corrected chi connectivity index (χ2v) is 5.63. The van der Waals surface area contributed by atoms with Gasteiger partial charge in [-0.2, -0.15) is 0 Å². The summed E-state index contributed by atoms with van der Waals surface area (Å²) in [4.78, 5) is 4.65. The predicted molar refractivity (Wildman–Crippen MR) is 87.3 cm³/mol. The largest absolute Gasteiger partial charge is 0.313 e. The third-order valence-corrected chi connectivity index (χ3v) is 4.07. The maximum atomic E-state index is 4.65. The van der Waals surface area contributed by atoms with Crippen LogP contribution in [0.15, 0.2) is 30.3 Å². The number of aryl methyl sites for hydroxylation is 1. The van der Waals surface area contributed by atoms with Crippen LogP contribution in [0.4, 0.5) is 0 Å². The van der Waals surface area contributed by atoms with Crippen molar-refractivity contribution in [3.8, 4) is 0 Å². The molecule has 0 saturated carbocycles. The Labute approximate surface area is 122 Å². The number of pyridine rings is 1. The van der Waals surface area contributed by atoms with Gasteiger partial charge in [0.1, 0.15) is 0 Å². The molecule has 0 saturated heterocycles. The van der Waals surface area contributed by atoms with E-state index in [9.17, 15) is 0 Å². The first-order valence-corrected chi connectivity index (χ1v) is 7.77. The minimum absolute atomic E-state index is 0.498. The lowest BCUT2D eigenvalue weighted by Gasteiger charge is -2.25. The van der Waals surface area contributed by atoms with Gasteiger partial charge < -0.3 is 5.32 Å². The van der Waals surface area contributed by atoms with Crippen LogP contribution in [0.1, 0.15) is 50.8 Å². The number of para-hydroxylation sites is 1. The normalized spacial score (nSPS) is 14.4. The van der Waals surface area contributed by atoms with Crippen LogP contribution in [0.25, 0.3) is 10.9 Å². The van der Waals surface area contributed by atoms with Crippen molar-refractivity contribution in [3.63, 3.8) is 0 Å². The molecule has 2 nitrogen and oxygen atoms in total. The molecule has 2 heteroatoms. The summed E-state index contributed by atoms with van der Waals surface area (Å²) < 4.78 is 0. The molecule has 2 rings (SSSR count). The number of hydrogen-bond acceptors (Lipinski definition) is 2. The van der Waals surface area contributed by atoms with Gasteiger partial charge >= 0.3 is 0 Å². The Bertz CT molecular complexity index is 562. The van der Waals surface area contributed by atoms with Crippen molar-refractivity contribution in [2.75, 3.05) is 6.54 Å². The van der Waals surface area contributed by atoms with Crippen molar-refractivity contribution in [1.82, 2.24) is 10.3 Å². The Balaban J connectivity index is 2.39. The molecule has 1 aromatic heterocycles. The molecule has 2 aromatic rings. The summed E-state index contributed by atoms with van der Waals surface area (Å²) >= 11 is 0. The van der Waals surface area contributed by atoms with E-state index in [-0.39, 0.29) is 0 Å². The average molecular weight is 270 g/mol. The first-order chi connectivity index (χ1) is 9.67. The molecule has 0 aliphatic carbocycles. The minimum atomic E-state index is 0.498. The van der Waals surface area contributed by atoms with E-state index in [2.05, 4.69) is 68.3 Å². The first-order valence-electron chi connectivity index (χ1n) is 7.77. The molecule has 2 unspecified atom stereocenters. The SMILES string of the molecule is CCCNC(CC)C(C)c1cc(C)nc2ccccc12. The van der Waals surface area contributed by atoms with Crippen LogP contribution in [-0.2, 0) is 0 Å². The predicted octanol–water partition coefficient (Wildman–Crippen LogP) is 4.42. The van der Waals surface area contributed by atoms with Gasteiger partial charge in [0.25, 0.3) is 0 Å². The average Bonchev–Trinajstić information content (AvgIpc) is 2.46. The molecule has 1 heterocycles. The first kappa shape index (κ1) is 15.0. The summed E-state index contributed by atoms with van der Waals surface area (Å²) in [6.45, 7) is 9.99. The Hall–Kier alpha value is -1.41. The lowest BCUT2D eigenvalue weighted by atomic mass is 9.89. The second kappa shape index (κ2) is 6.85. The van der Waals surface area contributed by atoms with Crippen molar-refractivity contribution in [2.45, 2.75) is 52.5 Å². The van der Waals surface area contributed by atoms with Gasteiger partial charge in [-0.1, -0.05) is 39.0 Å². The van der Waals surface area contributed by atoms with Crippen molar-refractivity contribution in [1.29, 1.82) is 0 Å². The highest BCUT2D eigenvalue weighted by Crippen LogP contribution is 2.28. The summed E-state index contributed by atoms with van der Waals surface area (Å²) in [6.07, 6.45) is 2.33. The smallest absolute Gasteiger partial charge is 0.0708 e. The molecule has 0 spiro atoms. The molecule has 20 heavy (non-hydrogen) atoms. The zero-order chi connectivity index (χ0) is 14.5. The molecule has 0 amide bonds. The van der Waals surface area contributed by atoms with E-state index in [4.69, 9.17) is 0 Å².